The monoisotopic (exact) mass is 252 g/mol. The summed E-state index contributed by atoms with van der Waals surface area (Å²) in [5.41, 5.74) is 4.85. The summed E-state index contributed by atoms with van der Waals surface area (Å²) in [4.78, 5) is 11.4. The van der Waals surface area contributed by atoms with E-state index in [1.165, 1.54) is 6.92 Å². The van der Waals surface area contributed by atoms with Crippen LogP contribution in [0.1, 0.15) is 27.2 Å². The Kier molecular flexibility index (Phi) is 7.22. The second-order valence-corrected chi connectivity index (χ2v) is 4.47. The molecule has 1 unspecified atom stereocenters. The third-order valence-electron chi connectivity index (χ3n) is 2.25. The molecular formula is C11H22F2N2O2. The molecular weight excluding hydrogens is 230 g/mol. The molecule has 0 fully saturated rings. The Balaban J connectivity index is 3.82. The molecule has 0 rings (SSSR count). The van der Waals surface area contributed by atoms with Crippen molar-refractivity contribution in [2.45, 2.75) is 39.2 Å². The van der Waals surface area contributed by atoms with E-state index in [1.54, 1.807) is 0 Å². The topological polar surface area (TPSA) is 64.3 Å². The van der Waals surface area contributed by atoms with Crippen LogP contribution in [0.4, 0.5) is 8.78 Å². The van der Waals surface area contributed by atoms with Crippen LogP contribution >= 0.6 is 0 Å². The van der Waals surface area contributed by atoms with E-state index in [2.05, 4.69) is 5.32 Å². The van der Waals surface area contributed by atoms with Crippen molar-refractivity contribution in [2.75, 3.05) is 19.7 Å². The van der Waals surface area contributed by atoms with E-state index in [0.29, 0.717) is 12.5 Å². The molecule has 0 spiro atoms. The minimum atomic E-state index is -3.06. The molecule has 6 heteroatoms. The first kappa shape index (κ1) is 16.2. The molecule has 0 aromatic rings. The van der Waals surface area contributed by atoms with Gasteiger partial charge in [0, 0.05) is 6.61 Å². The van der Waals surface area contributed by atoms with Crippen molar-refractivity contribution >= 4 is 5.91 Å². The summed E-state index contributed by atoms with van der Waals surface area (Å²) in [5, 5.41) is 2.12. The first-order valence-corrected chi connectivity index (χ1v) is 5.75. The molecule has 102 valence electrons. The fraction of sp³-hybridized carbons (Fsp3) is 0.909. The predicted molar refractivity (Wildman–Crippen MR) is 61.9 cm³/mol. The largest absolute Gasteiger partial charge is 0.369 e. The van der Waals surface area contributed by atoms with Crippen molar-refractivity contribution in [3.8, 4) is 0 Å². The van der Waals surface area contributed by atoms with Gasteiger partial charge in [0.05, 0.1) is 13.1 Å². The molecule has 0 aliphatic heterocycles. The smallest absolute Gasteiger partial charge is 0.277 e. The van der Waals surface area contributed by atoms with Crippen molar-refractivity contribution in [3.63, 3.8) is 0 Å². The highest BCUT2D eigenvalue weighted by Gasteiger charge is 2.28. The van der Waals surface area contributed by atoms with Crippen LogP contribution in [-0.4, -0.2) is 37.6 Å². The van der Waals surface area contributed by atoms with Gasteiger partial charge >= 0.3 is 0 Å². The quantitative estimate of drug-likeness (QED) is 0.681. The number of rotatable bonds is 8. The van der Waals surface area contributed by atoms with Crippen LogP contribution in [0.3, 0.4) is 0 Å². The van der Waals surface area contributed by atoms with E-state index in [4.69, 9.17) is 10.5 Å². The molecule has 0 aromatic carbocycles. The molecule has 0 aliphatic carbocycles. The lowest BCUT2D eigenvalue weighted by molar-refractivity contribution is -0.133. The van der Waals surface area contributed by atoms with E-state index in [0.717, 1.165) is 6.42 Å². The van der Waals surface area contributed by atoms with Gasteiger partial charge in [-0.1, -0.05) is 13.8 Å². The summed E-state index contributed by atoms with van der Waals surface area (Å²) >= 11 is 0. The number of nitrogens with two attached hydrogens (primary N) is 1. The number of nitrogens with one attached hydrogen (secondary N) is 1. The van der Waals surface area contributed by atoms with Crippen LogP contribution in [0, 0.1) is 5.92 Å². The first-order chi connectivity index (χ1) is 7.78. The van der Waals surface area contributed by atoms with Crippen molar-refractivity contribution in [3.05, 3.63) is 0 Å². The van der Waals surface area contributed by atoms with Crippen LogP contribution in [0.15, 0.2) is 0 Å². The average molecular weight is 252 g/mol. The molecule has 3 N–H and O–H groups in total. The molecule has 4 nitrogen and oxygen atoms in total. The maximum Gasteiger partial charge on any atom is 0.277 e. The van der Waals surface area contributed by atoms with Gasteiger partial charge in [-0.25, -0.2) is 8.78 Å². The molecule has 0 bridgehead atoms. The van der Waals surface area contributed by atoms with Crippen molar-refractivity contribution in [1.29, 1.82) is 0 Å². The van der Waals surface area contributed by atoms with E-state index in [-0.39, 0.29) is 0 Å². The Labute approximate surface area is 101 Å². The third kappa shape index (κ3) is 8.04. The number of hydrogen-bond acceptors (Lipinski definition) is 3. The number of carbonyl (C=O) groups excluding carboxylic acids is 1. The molecule has 0 heterocycles. The van der Waals surface area contributed by atoms with Gasteiger partial charge in [-0.3, -0.25) is 4.79 Å². The number of carbonyl (C=O) groups is 1. The zero-order valence-corrected chi connectivity index (χ0v) is 10.6. The average Bonchev–Trinajstić information content (AvgIpc) is 2.25. The molecule has 0 saturated carbocycles. The molecule has 0 aliphatic rings. The number of amides is 1. The Bertz CT molecular complexity index is 236. The number of hydrogen-bond donors (Lipinski definition) is 2. The van der Waals surface area contributed by atoms with Gasteiger partial charge in [0.25, 0.3) is 5.92 Å². The lowest BCUT2D eigenvalue weighted by atomic mass is 10.1. The Hall–Kier alpha value is -0.750. The summed E-state index contributed by atoms with van der Waals surface area (Å²) in [6, 6.07) is 0. The maximum absolute atomic E-state index is 12.8. The summed E-state index contributed by atoms with van der Waals surface area (Å²) in [6.45, 7) is 4.53. The normalized spacial score (nSPS) is 13.8. The van der Waals surface area contributed by atoms with E-state index in [9.17, 15) is 13.6 Å². The lowest BCUT2D eigenvalue weighted by Gasteiger charge is -2.17. The molecule has 0 saturated heterocycles. The molecule has 0 radical (unpaired) electrons. The van der Waals surface area contributed by atoms with Gasteiger partial charge in [0.1, 0.15) is 6.10 Å². The highest BCUT2D eigenvalue weighted by atomic mass is 19.3. The Morgan fingerprint density at radius 2 is 2.00 bits per heavy atom. The molecule has 17 heavy (non-hydrogen) atoms. The summed E-state index contributed by atoms with van der Waals surface area (Å²) in [7, 11) is 0. The van der Waals surface area contributed by atoms with Crippen molar-refractivity contribution in [1.82, 2.24) is 5.32 Å². The van der Waals surface area contributed by atoms with Gasteiger partial charge in [-0.05, 0) is 19.3 Å². The number of halogens is 2. The van der Waals surface area contributed by atoms with Crippen LogP contribution in [0.2, 0.25) is 0 Å². The van der Waals surface area contributed by atoms with Crippen LogP contribution in [0.25, 0.3) is 0 Å². The van der Waals surface area contributed by atoms with Gasteiger partial charge < -0.3 is 15.8 Å². The summed E-state index contributed by atoms with van der Waals surface area (Å²) in [5.74, 6) is -3.12. The van der Waals surface area contributed by atoms with Gasteiger partial charge in [-0.15, -0.1) is 0 Å². The van der Waals surface area contributed by atoms with Crippen molar-refractivity contribution < 1.29 is 18.3 Å². The number of alkyl halides is 2. The van der Waals surface area contributed by atoms with E-state index >= 15 is 0 Å². The van der Waals surface area contributed by atoms with Crippen LogP contribution in [0.5, 0.6) is 0 Å². The van der Waals surface area contributed by atoms with Crippen LogP contribution in [-0.2, 0) is 9.53 Å². The van der Waals surface area contributed by atoms with Gasteiger partial charge in [0.15, 0.2) is 0 Å². The Morgan fingerprint density at radius 1 is 1.41 bits per heavy atom. The minimum absolute atomic E-state index is 0.444. The van der Waals surface area contributed by atoms with Crippen LogP contribution < -0.4 is 11.1 Å². The van der Waals surface area contributed by atoms with E-state index in [1.807, 2.05) is 13.8 Å². The summed E-state index contributed by atoms with van der Waals surface area (Å²) < 4.78 is 30.7. The van der Waals surface area contributed by atoms with Crippen molar-refractivity contribution in [2.24, 2.45) is 11.7 Å². The highest BCUT2D eigenvalue weighted by Crippen LogP contribution is 2.09. The van der Waals surface area contributed by atoms with Gasteiger partial charge in [0.2, 0.25) is 5.91 Å². The number of ether oxygens (including phenoxy) is 1. The molecule has 0 aromatic heterocycles. The molecule has 1 amide bonds. The second kappa shape index (κ2) is 7.55. The third-order valence-corrected chi connectivity index (χ3v) is 2.25. The maximum atomic E-state index is 12.8. The SMILES string of the molecule is CC(C)CCOC(C)C(=O)NCC(F)(F)CN. The fourth-order valence-electron chi connectivity index (χ4n) is 0.989. The van der Waals surface area contributed by atoms with E-state index < -0.39 is 31.0 Å². The zero-order valence-electron chi connectivity index (χ0n) is 10.6. The Morgan fingerprint density at radius 3 is 2.47 bits per heavy atom. The molecule has 1 atom stereocenters. The second-order valence-electron chi connectivity index (χ2n) is 4.47. The fourth-order valence-corrected chi connectivity index (χ4v) is 0.989. The minimum Gasteiger partial charge on any atom is -0.369 e. The predicted octanol–water partition coefficient (Wildman–Crippen LogP) is 1.15. The summed E-state index contributed by atoms with van der Waals surface area (Å²) in [6.07, 6.45) is 0.110. The highest BCUT2D eigenvalue weighted by molar-refractivity contribution is 5.80. The van der Waals surface area contributed by atoms with Gasteiger partial charge in [-0.2, -0.15) is 0 Å². The first-order valence-electron chi connectivity index (χ1n) is 5.75. The lowest BCUT2D eigenvalue weighted by Crippen LogP contribution is -2.44. The zero-order chi connectivity index (χ0) is 13.5. The standard InChI is InChI=1S/C11H22F2N2O2/c1-8(2)4-5-17-9(3)10(16)15-7-11(12,13)6-14/h8-9H,4-7,14H2,1-3H3,(H,15,16).